The molecule has 2 rings (SSSR count). The van der Waals surface area contributed by atoms with Crippen molar-refractivity contribution in [2.24, 2.45) is 0 Å². The van der Waals surface area contributed by atoms with Crippen LogP contribution in [0.15, 0.2) is 42.6 Å². The predicted molar refractivity (Wildman–Crippen MR) is 83.2 cm³/mol. The number of carbonyl (C=O) groups excluding carboxylic acids is 1. The van der Waals surface area contributed by atoms with Gasteiger partial charge in [-0.1, -0.05) is 18.2 Å². The van der Waals surface area contributed by atoms with Gasteiger partial charge in [-0.25, -0.2) is 4.68 Å². The second kappa shape index (κ2) is 7.59. The summed E-state index contributed by atoms with van der Waals surface area (Å²) in [4.78, 5) is 13.7. The summed E-state index contributed by atoms with van der Waals surface area (Å²) in [6.07, 6.45) is 1.93. The third kappa shape index (κ3) is 4.16. The van der Waals surface area contributed by atoms with Crippen molar-refractivity contribution < 1.29 is 4.79 Å². The van der Waals surface area contributed by atoms with Gasteiger partial charge in [-0.3, -0.25) is 4.79 Å². The highest BCUT2D eigenvalue weighted by atomic mass is 16.2. The van der Waals surface area contributed by atoms with Gasteiger partial charge in [0.2, 0.25) is 5.91 Å². The second-order valence-corrected chi connectivity index (χ2v) is 4.76. The molecular weight excluding hydrogens is 264 g/mol. The fourth-order valence-corrected chi connectivity index (χ4v) is 2.17. The fraction of sp³-hybridized carbons (Fsp3) is 0.375. The summed E-state index contributed by atoms with van der Waals surface area (Å²) in [5.74, 6) is 0.127. The van der Waals surface area contributed by atoms with E-state index in [1.165, 1.54) is 0 Å². The first kappa shape index (κ1) is 15.3. The summed E-state index contributed by atoms with van der Waals surface area (Å²) in [6, 6.07) is 11.9. The lowest BCUT2D eigenvalue weighted by molar-refractivity contribution is -0.129. The van der Waals surface area contributed by atoms with Gasteiger partial charge >= 0.3 is 0 Å². The molecule has 0 saturated carbocycles. The maximum Gasteiger partial charge on any atom is 0.236 e. The minimum Gasteiger partial charge on any atom is -0.342 e. The van der Waals surface area contributed by atoms with Crippen LogP contribution in [0.5, 0.6) is 0 Å². The molecular formula is C16H22N4O. The van der Waals surface area contributed by atoms with Crippen molar-refractivity contribution in [2.45, 2.75) is 20.4 Å². The first-order valence-electron chi connectivity index (χ1n) is 7.33. The number of amides is 1. The van der Waals surface area contributed by atoms with E-state index < -0.39 is 0 Å². The molecule has 2 aromatic rings. The van der Waals surface area contributed by atoms with Crippen molar-refractivity contribution in [3.63, 3.8) is 0 Å². The second-order valence-electron chi connectivity index (χ2n) is 4.76. The number of likely N-dealkylation sites (N-methyl/N-ethyl adjacent to an activating group) is 1. The standard InChI is InChI=1S/C16H22N4O/c1-3-19(4-2)16(21)13-17-12-14-10-11-20(18-14)15-8-6-5-7-9-15/h5-11,17H,3-4,12-13H2,1-2H3. The molecule has 112 valence electrons. The molecule has 0 radical (unpaired) electrons. The van der Waals surface area contributed by atoms with E-state index in [0.717, 1.165) is 24.5 Å². The van der Waals surface area contributed by atoms with Crippen LogP contribution in [-0.2, 0) is 11.3 Å². The Kier molecular flexibility index (Phi) is 5.51. The molecule has 1 aromatic heterocycles. The maximum atomic E-state index is 11.9. The molecule has 21 heavy (non-hydrogen) atoms. The number of nitrogens with zero attached hydrogens (tertiary/aromatic N) is 3. The van der Waals surface area contributed by atoms with Crippen molar-refractivity contribution in [3.05, 3.63) is 48.3 Å². The number of hydrogen-bond donors (Lipinski definition) is 1. The van der Waals surface area contributed by atoms with Crippen molar-refractivity contribution in [3.8, 4) is 5.69 Å². The van der Waals surface area contributed by atoms with Crippen molar-refractivity contribution in [1.82, 2.24) is 20.0 Å². The smallest absolute Gasteiger partial charge is 0.236 e. The van der Waals surface area contributed by atoms with Gasteiger partial charge in [0.1, 0.15) is 0 Å². The summed E-state index contributed by atoms with van der Waals surface area (Å²) in [5, 5.41) is 7.64. The number of para-hydroxylation sites is 1. The van der Waals surface area contributed by atoms with Crippen molar-refractivity contribution >= 4 is 5.91 Å². The lowest BCUT2D eigenvalue weighted by Crippen LogP contribution is -2.37. The zero-order valence-corrected chi connectivity index (χ0v) is 12.6. The first-order valence-corrected chi connectivity index (χ1v) is 7.33. The first-order chi connectivity index (χ1) is 10.2. The average Bonchev–Trinajstić information content (AvgIpc) is 2.98. The predicted octanol–water partition coefficient (Wildman–Crippen LogP) is 1.83. The van der Waals surface area contributed by atoms with Crippen LogP contribution in [0.25, 0.3) is 5.69 Å². The Balaban J connectivity index is 1.85. The Morgan fingerprint density at radius 1 is 1.19 bits per heavy atom. The molecule has 1 N–H and O–H groups in total. The fourth-order valence-electron chi connectivity index (χ4n) is 2.17. The Hall–Kier alpha value is -2.14. The van der Waals surface area contributed by atoms with Crippen LogP contribution >= 0.6 is 0 Å². The van der Waals surface area contributed by atoms with Gasteiger partial charge in [-0.15, -0.1) is 0 Å². The molecule has 0 aliphatic carbocycles. The summed E-state index contributed by atoms with van der Waals surface area (Å²) < 4.78 is 1.84. The summed E-state index contributed by atoms with van der Waals surface area (Å²) in [6.45, 7) is 6.41. The van der Waals surface area contributed by atoms with Gasteiger partial charge in [0.15, 0.2) is 0 Å². The van der Waals surface area contributed by atoms with Crippen LogP contribution in [0.1, 0.15) is 19.5 Å². The molecule has 5 nitrogen and oxygen atoms in total. The molecule has 0 aliphatic heterocycles. The van der Waals surface area contributed by atoms with Crippen molar-refractivity contribution in [2.75, 3.05) is 19.6 Å². The van der Waals surface area contributed by atoms with E-state index in [1.54, 1.807) is 0 Å². The molecule has 0 saturated heterocycles. The van der Waals surface area contributed by atoms with Gasteiger partial charge in [0, 0.05) is 25.8 Å². The number of nitrogens with one attached hydrogen (secondary N) is 1. The van der Waals surface area contributed by atoms with E-state index >= 15 is 0 Å². The molecule has 0 aliphatic rings. The number of aromatic nitrogens is 2. The summed E-state index contributed by atoms with van der Waals surface area (Å²) in [7, 11) is 0. The van der Waals surface area contributed by atoms with E-state index in [4.69, 9.17) is 0 Å². The maximum absolute atomic E-state index is 11.9. The lowest BCUT2D eigenvalue weighted by Gasteiger charge is -2.18. The highest BCUT2D eigenvalue weighted by Crippen LogP contribution is 2.06. The molecule has 0 unspecified atom stereocenters. The zero-order chi connectivity index (χ0) is 15.1. The highest BCUT2D eigenvalue weighted by molar-refractivity contribution is 5.78. The largest absolute Gasteiger partial charge is 0.342 e. The van der Waals surface area contributed by atoms with Crippen LogP contribution in [0.2, 0.25) is 0 Å². The molecule has 1 aromatic carbocycles. The molecule has 0 bridgehead atoms. The zero-order valence-electron chi connectivity index (χ0n) is 12.6. The molecule has 0 spiro atoms. The third-order valence-corrected chi connectivity index (χ3v) is 3.36. The number of hydrogen-bond acceptors (Lipinski definition) is 3. The SMILES string of the molecule is CCN(CC)C(=O)CNCc1ccn(-c2ccccc2)n1. The van der Waals surface area contributed by atoms with E-state index in [-0.39, 0.29) is 5.91 Å². The Bertz CT molecular complexity index is 561. The summed E-state index contributed by atoms with van der Waals surface area (Å²) in [5.41, 5.74) is 1.95. The highest BCUT2D eigenvalue weighted by Gasteiger charge is 2.08. The minimum atomic E-state index is 0.127. The molecule has 0 fully saturated rings. The Labute approximate surface area is 125 Å². The van der Waals surface area contributed by atoms with E-state index in [2.05, 4.69) is 10.4 Å². The average molecular weight is 286 g/mol. The number of rotatable bonds is 7. The van der Waals surface area contributed by atoms with Gasteiger partial charge in [-0.2, -0.15) is 5.10 Å². The van der Waals surface area contributed by atoms with Gasteiger partial charge in [0.05, 0.1) is 17.9 Å². The molecule has 0 atom stereocenters. The Morgan fingerprint density at radius 3 is 2.57 bits per heavy atom. The monoisotopic (exact) mass is 286 g/mol. The lowest BCUT2D eigenvalue weighted by atomic mass is 10.3. The van der Waals surface area contributed by atoms with Crippen molar-refractivity contribution in [1.29, 1.82) is 0 Å². The summed E-state index contributed by atoms with van der Waals surface area (Å²) >= 11 is 0. The number of carbonyl (C=O) groups is 1. The van der Waals surface area contributed by atoms with E-state index in [1.807, 2.05) is 66.0 Å². The number of benzene rings is 1. The van der Waals surface area contributed by atoms with Crippen LogP contribution in [0.4, 0.5) is 0 Å². The Morgan fingerprint density at radius 2 is 1.90 bits per heavy atom. The van der Waals surface area contributed by atoms with Gasteiger partial charge in [0.25, 0.3) is 0 Å². The van der Waals surface area contributed by atoms with E-state index in [9.17, 15) is 4.79 Å². The molecule has 1 amide bonds. The molecule has 5 heteroatoms. The van der Waals surface area contributed by atoms with Crippen LogP contribution in [0.3, 0.4) is 0 Å². The quantitative estimate of drug-likeness (QED) is 0.845. The third-order valence-electron chi connectivity index (χ3n) is 3.36. The van der Waals surface area contributed by atoms with E-state index in [0.29, 0.717) is 13.1 Å². The van der Waals surface area contributed by atoms with Crippen LogP contribution in [0, 0.1) is 0 Å². The van der Waals surface area contributed by atoms with Crippen LogP contribution < -0.4 is 5.32 Å². The van der Waals surface area contributed by atoms with Gasteiger partial charge < -0.3 is 10.2 Å². The topological polar surface area (TPSA) is 50.2 Å². The molecule has 1 heterocycles. The van der Waals surface area contributed by atoms with Gasteiger partial charge in [-0.05, 0) is 32.0 Å². The minimum absolute atomic E-state index is 0.127. The van der Waals surface area contributed by atoms with Crippen LogP contribution in [-0.4, -0.2) is 40.2 Å². The normalized spacial score (nSPS) is 10.6.